The average Bonchev–Trinajstić information content (AvgIpc) is 2.91. The standard InChI is InChI=1S/C20H25NO4S2/c1-14-9-11-16(12-10-14)27(23,24)21-19-17-8-6-5-7-15(17)13-18(19)25-26(22)20(2,3)4/h5-12,18-19,21H,13H2,1-4H3/t18-,19+,26+/m0/s1. The first-order chi connectivity index (χ1) is 12.6. The van der Waals surface area contributed by atoms with Crippen molar-refractivity contribution in [2.75, 3.05) is 0 Å². The molecule has 0 heterocycles. The van der Waals surface area contributed by atoms with Gasteiger partial charge < -0.3 is 0 Å². The highest BCUT2D eigenvalue weighted by Crippen LogP contribution is 2.36. The molecule has 0 saturated heterocycles. The van der Waals surface area contributed by atoms with Crippen molar-refractivity contribution in [3.8, 4) is 0 Å². The fraction of sp³-hybridized carbons (Fsp3) is 0.400. The van der Waals surface area contributed by atoms with Gasteiger partial charge in [0.1, 0.15) is 0 Å². The molecule has 1 aliphatic rings. The van der Waals surface area contributed by atoms with Crippen molar-refractivity contribution in [3.63, 3.8) is 0 Å². The van der Waals surface area contributed by atoms with Gasteiger partial charge in [-0.05, 0) is 51.0 Å². The Hall–Kier alpha value is -1.54. The summed E-state index contributed by atoms with van der Waals surface area (Å²) in [5.74, 6) is 0. The van der Waals surface area contributed by atoms with Gasteiger partial charge in [0.25, 0.3) is 0 Å². The van der Waals surface area contributed by atoms with Gasteiger partial charge in [-0.2, -0.15) is 0 Å². The second-order valence-corrected chi connectivity index (χ2v) is 11.4. The van der Waals surface area contributed by atoms with Crippen LogP contribution in [0.3, 0.4) is 0 Å². The summed E-state index contributed by atoms with van der Waals surface area (Å²) in [5, 5.41) is 0. The number of fused-ring (bicyclic) bond motifs is 1. The zero-order chi connectivity index (χ0) is 19.8. The van der Waals surface area contributed by atoms with Crippen molar-refractivity contribution < 1.29 is 16.8 Å². The van der Waals surface area contributed by atoms with Crippen LogP contribution in [0.4, 0.5) is 0 Å². The minimum absolute atomic E-state index is 0.202. The Morgan fingerprint density at radius 1 is 1.07 bits per heavy atom. The molecule has 7 heteroatoms. The zero-order valence-corrected chi connectivity index (χ0v) is 17.6. The van der Waals surface area contributed by atoms with Gasteiger partial charge in [0.2, 0.25) is 10.0 Å². The monoisotopic (exact) mass is 407 g/mol. The number of benzene rings is 2. The molecule has 146 valence electrons. The maximum absolute atomic E-state index is 12.9. The number of hydrogen-bond acceptors (Lipinski definition) is 4. The van der Waals surface area contributed by atoms with E-state index in [2.05, 4.69) is 4.72 Å². The number of rotatable bonds is 5. The lowest BCUT2D eigenvalue weighted by Gasteiger charge is -2.25. The molecule has 0 unspecified atom stereocenters. The predicted octanol–water partition coefficient (Wildman–Crippen LogP) is 3.42. The topological polar surface area (TPSA) is 72.5 Å². The van der Waals surface area contributed by atoms with Gasteiger partial charge in [0, 0.05) is 6.42 Å². The largest absolute Gasteiger partial charge is 0.284 e. The summed E-state index contributed by atoms with van der Waals surface area (Å²) in [5.41, 5.74) is 2.86. The quantitative estimate of drug-likeness (QED) is 0.824. The molecule has 0 fully saturated rings. The first-order valence-corrected chi connectivity index (χ1v) is 11.4. The van der Waals surface area contributed by atoms with Crippen LogP contribution < -0.4 is 4.72 Å². The lowest BCUT2D eigenvalue weighted by molar-refractivity contribution is 0.194. The maximum atomic E-state index is 12.9. The number of aryl methyl sites for hydroxylation is 1. The molecule has 0 saturated carbocycles. The van der Waals surface area contributed by atoms with Gasteiger partial charge in [0.05, 0.1) is 21.8 Å². The second-order valence-electron chi connectivity index (χ2n) is 7.80. The molecule has 0 spiro atoms. The highest BCUT2D eigenvalue weighted by molar-refractivity contribution is 7.89. The Kier molecular flexibility index (Phi) is 5.59. The summed E-state index contributed by atoms with van der Waals surface area (Å²) in [6.45, 7) is 7.40. The lowest BCUT2D eigenvalue weighted by Crippen LogP contribution is -2.37. The number of nitrogens with one attached hydrogen (secondary N) is 1. The molecule has 0 bridgehead atoms. The van der Waals surface area contributed by atoms with E-state index in [4.69, 9.17) is 4.18 Å². The van der Waals surface area contributed by atoms with Crippen LogP contribution in [0.2, 0.25) is 0 Å². The molecular formula is C20H25NO4S2. The molecule has 0 amide bonds. The van der Waals surface area contributed by atoms with Crippen LogP contribution in [-0.2, 0) is 31.7 Å². The van der Waals surface area contributed by atoms with E-state index in [0.29, 0.717) is 6.42 Å². The van der Waals surface area contributed by atoms with Crippen LogP contribution in [0, 0.1) is 6.92 Å². The summed E-state index contributed by atoms with van der Waals surface area (Å²) < 4.78 is 46.3. The first-order valence-electron chi connectivity index (χ1n) is 8.84. The van der Waals surface area contributed by atoms with E-state index >= 15 is 0 Å². The van der Waals surface area contributed by atoms with E-state index in [9.17, 15) is 12.6 Å². The van der Waals surface area contributed by atoms with E-state index in [1.54, 1.807) is 24.3 Å². The molecule has 2 aromatic carbocycles. The molecule has 1 aliphatic carbocycles. The lowest BCUT2D eigenvalue weighted by atomic mass is 10.1. The van der Waals surface area contributed by atoms with Gasteiger partial charge in [-0.15, -0.1) is 0 Å². The predicted molar refractivity (Wildman–Crippen MR) is 107 cm³/mol. The fourth-order valence-electron chi connectivity index (χ4n) is 3.00. The van der Waals surface area contributed by atoms with Crippen LogP contribution in [0.1, 0.15) is 43.5 Å². The smallest absolute Gasteiger partial charge is 0.241 e. The summed E-state index contributed by atoms with van der Waals surface area (Å²) in [7, 11) is -3.74. The average molecular weight is 408 g/mol. The van der Waals surface area contributed by atoms with Crippen LogP contribution in [0.15, 0.2) is 53.4 Å². The third-order valence-electron chi connectivity index (χ3n) is 4.51. The summed E-state index contributed by atoms with van der Waals surface area (Å²) in [6.07, 6.45) is -0.0123. The second kappa shape index (κ2) is 7.47. The van der Waals surface area contributed by atoms with Crippen molar-refractivity contribution in [1.82, 2.24) is 4.72 Å². The number of sulfonamides is 1. The molecule has 0 aromatic heterocycles. The van der Waals surface area contributed by atoms with Crippen molar-refractivity contribution in [2.45, 2.75) is 55.9 Å². The van der Waals surface area contributed by atoms with E-state index < -0.39 is 38.0 Å². The minimum Gasteiger partial charge on any atom is -0.284 e. The first kappa shape index (κ1) is 20.2. The Labute approximate surface area is 163 Å². The van der Waals surface area contributed by atoms with E-state index in [1.807, 2.05) is 52.0 Å². The van der Waals surface area contributed by atoms with Gasteiger partial charge in [-0.25, -0.2) is 17.3 Å². The molecule has 3 atom stereocenters. The third-order valence-corrected chi connectivity index (χ3v) is 7.39. The van der Waals surface area contributed by atoms with Crippen molar-refractivity contribution in [2.24, 2.45) is 0 Å². The van der Waals surface area contributed by atoms with Crippen LogP contribution in [0.25, 0.3) is 0 Å². The third kappa shape index (κ3) is 4.48. The van der Waals surface area contributed by atoms with Gasteiger partial charge in [-0.1, -0.05) is 42.0 Å². The SMILES string of the molecule is Cc1ccc(S(=O)(=O)N[C@@H]2c3ccccc3C[C@@H]2O[S@@](=O)C(C)(C)C)cc1. The van der Waals surface area contributed by atoms with E-state index in [0.717, 1.165) is 16.7 Å². The Morgan fingerprint density at radius 2 is 1.70 bits per heavy atom. The van der Waals surface area contributed by atoms with Gasteiger partial charge in [0.15, 0.2) is 11.1 Å². The molecular weight excluding hydrogens is 382 g/mol. The van der Waals surface area contributed by atoms with E-state index in [-0.39, 0.29) is 4.90 Å². The molecule has 1 N–H and O–H groups in total. The Balaban J connectivity index is 1.91. The maximum Gasteiger partial charge on any atom is 0.241 e. The van der Waals surface area contributed by atoms with Crippen molar-refractivity contribution >= 4 is 21.1 Å². The highest BCUT2D eigenvalue weighted by atomic mass is 32.2. The van der Waals surface area contributed by atoms with Gasteiger partial charge in [-0.3, -0.25) is 4.18 Å². The fourth-order valence-corrected chi connectivity index (χ4v) is 4.93. The van der Waals surface area contributed by atoms with Crippen molar-refractivity contribution in [1.29, 1.82) is 0 Å². The summed E-state index contributed by atoms with van der Waals surface area (Å²) >= 11 is -1.55. The highest BCUT2D eigenvalue weighted by Gasteiger charge is 2.39. The Morgan fingerprint density at radius 3 is 2.33 bits per heavy atom. The Bertz CT molecular complexity index is 947. The minimum atomic E-state index is -3.74. The van der Waals surface area contributed by atoms with Crippen LogP contribution in [0.5, 0.6) is 0 Å². The zero-order valence-electron chi connectivity index (χ0n) is 15.9. The summed E-state index contributed by atoms with van der Waals surface area (Å²) in [4.78, 5) is 0.202. The molecule has 3 rings (SSSR count). The normalized spacial score (nSPS) is 21.0. The van der Waals surface area contributed by atoms with Crippen molar-refractivity contribution in [3.05, 3.63) is 65.2 Å². The van der Waals surface area contributed by atoms with E-state index in [1.165, 1.54) is 0 Å². The van der Waals surface area contributed by atoms with Crippen LogP contribution in [-0.4, -0.2) is 23.5 Å². The molecule has 0 aliphatic heterocycles. The van der Waals surface area contributed by atoms with Gasteiger partial charge >= 0.3 is 0 Å². The summed E-state index contributed by atoms with van der Waals surface area (Å²) in [6, 6.07) is 13.7. The molecule has 0 radical (unpaired) electrons. The van der Waals surface area contributed by atoms with Crippen LogP contribution >= 0.6 is 0 Å². The number of hydrogen-bond donors (Lipinski definition) is 1. The molecule has 27 heavy (non-hydrogen) atoms. The molecule has 2 aromatic rings. The molecule has 5 nitrogen and oxygen atoms in total.